The molecule has 13 heavy (non-hydrogen) atoms. The van der Waals surface area contributed by atoms with Gasteiger partial charge in [0.15, 0.2) is 0 Å². The van der Waals surface area contributed by atoms with Crippen LogP contribution >= 0.6 is 0 Å². The van der Waals surface area contributed by atoms with Crippen molar-refractivity contribution in [2.75, 3.05) is 21.1 Å². The molecule has 1 aromatic rings. The van der Waals surface area contributed by atoms with Crippen molar-refractivity contribution in [3.05, 3.63) is 35.4 Å². The minimum Gasteiger partial charge on any atom is -0.363 e. The van der Waals surface area contributed by atoms with Gasteiger partial charge in [-0.1, -0.05) is 24.3 Å². The van der Waals surface area contributed by atoms with Crippen molar-refractivity contribution in [1.29, 1.82) is 0 Å². The highest BCUT2D eigenvalue weighted by Crippen LogP contribution is 2.09. The van der Waals surface area contributed by atoms with E-state index in [1.807, 2.05) is 38.2 Å². The van der Waals surface area contributed by atoms with E-state index in [9.17, 15) is 0 Å². The van der Waals surface area contributed by atoms with Gasteiger partial charge in [0, 0.05) is 26.7 Å². The number of hydrogen-bond donors (Lipinski definition) is 0. The lowest BCUT2D eigenvalue weighted by molar-refractivity contribution is 0.622. The molecule has 2 nitrogen and oxygen atoms in total. The number of hydrogen-bond acceptors (Lipinski definition) is 1. The molecule has 0 unspecified atom stereocenters. The van der Waals surface area contributed by atoms with Gasteiger partial charge in [-0.25, -0.2) is 0 Å². The van der Waals surface area contributed by atoms with Crippen LogP contribution in [-0.4, -0.2) is 31.9 Å². The van der Waals surface area contributed by atoms with Crippen LogP contribution in [0.5, 0.6) is 0 Å². The third-order valence-electron chi connectivity index (χ3n) is 2.02. The van der Waals surface area contributed by atoms with Gasteiger partial charge in [0.05, 0.1) is 0 Å². The maximum absolute atomic E-state index is 4.26. The summed E-state index contributed by atoms with van der Waals surface area (Å²) < 4.78 is 0. The number of aryl methyl sites for hydroxylation is 1. The molecule has 0 N–H and O–H groups in total. The van der Waals surface area contributed by atoms with Gasteiger partial charge >= 0.3 is 0 Å². The molecule has 0 fully saturated rings. The van der Waals surface area contributed by atoms with E-state index >= 15 is 0 Å². The molecule has 0 saturated carbocycles. The summed E-state index contributed by atoms with van der Waals surface area (Å²) in [6, 6.07) is 8.28. The maximum atomic E-state index is 4.26. The van der Waals surface area contributed by atoms with E-state index in [0.29, 0.717) is 0 Å². The smallest absolute Gasteiger partial charge is 0.130 e. The maximum Gasteiger partial charge on any atom is 0.130 e. The van der Waals surface area contributed by atoms with Crippen LogP contribution in [0.15, 0.2) is 29.3 Å². The molecule has 1 aromatic carbocycles. The number of amidine groups is 1. The molecular formula is C11H16N2. The Morgan fingerprint density at radius 1 is 1.23 bits per heavy atom. The van der Waals surface area contributed by atoms with Crippen molar-refractivity contribution < 1.29 is 0 Å². The van der Waals surface area contributed by atoms with Gasteiger partial charge in [-0.2, -0.15) is 0 Å². The molecule has 70 valence electrons. The summed E-state index contributed by atoms with van der Waals surface area (Å²) in [5, 5.41) is 0. The van der Waals surface area contributed by atoms with Crippen molar-refractivity contribution >= 4 is 5.84 Å². The number of rotatable bonds is 1. The molecule has 0 spiro atoms. The van der Waals surface area contributed by atoms with Crippen LogP contribution in [0.2, 0.25) is 0 Å². The molecule has 0 heterocycles. The Balaban J connectivity index is 3.13. The van der Waals surface area contributed by atoms with Crippen LogP contribution in [0.4, 0.5) is 0 Å². The van der Waals surface area contributed by atoms with Gasteiger partial charge in [-0.15, -0.1) is 0 Å². The van der Waals surface area contributed by atoms with Crippen molar-refractivity contribution in [1.82, 2.24) is 4.90 Å². The molecule has 0 aromatic heterocycles. The molecule has 0 aliphatic carbocycles. The van der Waals surface area contributed by atoms with Gasteiger partial charge in [0.2, 0.25) is 0 Å². The van der Waals surface area contributed by atoms with Crippen molar-refractivity contribution in [3.8, 4) is 0 Å². The molecule has 0 amide bonds. The van der Waals surface area contributed by atoms with Gasteiger partial charge in [-0.3, -0.25) is 4.99 Å². The van der Waals surface area contributed by atoms with Crippen LogP contribution in [0, 0.1) is 6.92 Å². The monoisotopic (exact) mass is 176 g/mol. The number of nitrogens with zero attached hydrogens (tertiary/aromatic N) is 2. The zero-order chi connectivity index (χ0) is 9.84. The Kier molecular flexibility index (Phi) is 3.07. The minimum absolute atomic E-state index is 1.03. The Bertz CT molecular complexity index is 314. The first-order chi connectivity index (χ1) is 6.16. The highest BCUT2D eigenvalue weighted by atomic mass is 15.1. The zero-order valence-corrected chi connectivity index (χ0v) is 8.70. The van der Waals surface area contributed by atoms with Gasteiger partial charge in [-0.05, 0) is 12.5 Å². The van der Waals surface area contributed by atoms with Crippen molar-refractivity contribution in [2.24, 2.45) is 4.99 Å². The summed E-state index contributed by atoms with van der Waals surface area (Å²) in [7, 11) is 5.84. The first-order valence-electron chi connectivity index (χ1n) is 4.37. The Hall–Kier alpha value is -1.31. The van der Waals surface area contributed by atoms with Crippen LogP contribution in [0.1, 0.15) is 11.1 Å². The molecule has 0 saturated heterocycles. The Morgan fingerprint density at radius 3 is 2.31 bits per heavy atom. The van der Waals surface area contributed by atoms with E-state index in [4.69, 9.17) is 0 Å². The second-order valence-corrected chi connectivity index (χ2v) is 3.26. The lowest BCUT2D eigenvalue weighted by Gasteiger charge is -2.16. The third-order valence-corrected chi connectivity index (χ3v) is 2.02. The second kappa shape index (κ2) is 4.08. The van der Waals surface area contributed by atoms with E-state index in [-0.39, 0.29) is 0 Å². The largest absolute Gasteiger partial charge is 0.363 e. The van der Waals surface area contributed by atoms with Crippen molar-refractivity contribution in [3.63, 3.8) is 0 Å². The average Bonchev–Trinajstić information content (AvgIpc) is 2.09. The molecular weight excluding hydrogens is 160 g/mol. The summed E-state index contributed by atoms with van der Waals surface area (Å²) in [4.78, 5) is 6.29. The highest BCUT2D eigenvalue weighted by molar-refractivity contribution is 5.99. The molecule has 2 heteroatoms. The standard InChI is InChI=1S/C11H16N2/c1-9-7-5-6-8-10(9)11(12-2)13(3)4/h5-8H,1-4H3. The number of aliphatic imine (C=N–C) groups is 1. The van der Waals surface area contributed by atoms with Gasteiger partial charge < -0.3 is 4.90 Å². The second-order valence-electron chi connectivity index (χ2n) is 3.26. The fourth-order valence-electron chi connectivity index (χ4n) is 1.39. The molecule has 0 aliphatic heterocycles. The summed E-state index contributed by atoms with van der Waals surface area (Å²) in [5.41, 5.74) is 2.46. The fraction of sp³-hybridized carbons (Fsp3) is 0.364. The molecule has 1 rings (SSSR count). The predicted octanol–water partition coefficient (Wildman–Crippen LogP) is 1.93. The SMILES string of the molecule is CN=C(c1ccccc1C)N(C)C. The summed E-state index contributed by atoms with van der Waals surface area (Å²) in [6.07, 6.45) is 0. The van der Waals surface area contributed by atoms with E-state index in [1.54, 1.807) is 0 Å². The minimum atomic E-state index is 1.03. The Morgan fingerprint density at radius 2 is 1.85 bits per heavy atom. The first kappa shape index (κ1) is 9.78. The summed E-state index contributed by atoms with van der Waals surface area (Å²) in [6.45, 7) is 2.10. The molecule has 0 aliphatic rings. The summed E-state index contributed by atoms with van der Waals surface area (Å²) in [5.74, 6) is 1.03. The quantitative estimate of drug-likeness (QED) is 0.471. The lowest BCUT2D eigenvalue weighted by atomic mass is 10.1. The van der Waals surface area contributed by atoms with E-state index < -0.39 is 0 Å². The van der Waals surface area contributed by atoms with Crippen LogP contribution in [0.3, 0.4) is 0 Å². The lowest BCUT2D eigenvalue weighted by Crippen LogP contribution is -2.23. The topological polar surface area (TPSA) is 15.6 Å². The van der Waals surface area contributed by atoms with E-state index in [1.165, 1.54) is 11.1 Å². The first-order valence-corrected chi connectivity index (χ1v) is 4.37. The normalized spacial score (nSPS) is 11.5. The van der Waals surface area contributed by atoms with E-state index in [0.717, 1.165) is 5.84 Å². The van der Waals surface area contributed by atoms with Gasteiger partial charge in [0.1, 0.15) is 5.84 Å². The fourth-order valence-corrected chi connectivity index (χ4v) is 1.39. The summed E-state index contributed by atoms with van der Waals surface area (Å²) >= 11 is 0. The highest BCUT2D eigenvalue weighted by Gasteiger charge is 2.06. The number of benzene rings is 1. The predicted molar refractivity (Wildman–Crippen MR) is 57.3 cm³/mol. The zero-order valence-electron chi connectivity index (χ0n) is 8.70. The average molecular weight is 176 g/mol. The van der Waals surface area contributed by atoms with Crippen LogP contribution in [-0.2, 0) is 0 Å². The van der Waals surface area contributed by atoms with Crippen LogP contribution < -0.4 is 0 Å². The third kappa shape index (κ3) is 2.08. The van der Waals surface area contributed by atoms with Crippen molar-refractivity contribution in [2.45, 2.75) is 6.92 Å². The van der Waals surface area contributed by atoms with E-state index in [2.05, 4.69) is 24.0 Å². The Labute approximate surface area is 79.9 Å². The van der Waals surface area contributed by atoms with Crippen LogP contribution in [0.25, 0.3) is 0 Å². The molecule has 0 bridgehead atoms. The molecule has 0 radical (unpaired) electrons. The molecule has 0 atom stereocenters. The van der Waals surface area contributed by atoms with Gasteiger partial charge in [0.25, 0.3) is 0 Å².